The number of nitro benzene ring substituents is 1. The average molecular weight is 327 g/mol. The second-order valence-corrected chi connectivity index (χ2v) is 4.91. The fourth-order valence-electron chi connectivity index (χ4n) is 2.08. The Morgan fingerprint density at radius 2 is 1.79 bits per heavy atom. The van der Waals surface area contributed by atoms with Crippen LogP contribution in [0.5, 0.6) is 5.75 Å². The zero-order chi connectivity index (χ0) is 17.5. The van der Waals surface area contributed by atoms with E-state index in [0.29, 0.717) is 11.3 Å². The highest BCUT2D eigenvalue weighted by molar-refractivity contribution is 5.89. The molecule has 24 heavy (non-hydrogen) atoms. The van der Waals surface area contributed by atoms with Crippen LogP contribution in [0, 0.1) is 10.1 Å². The minimum Gasteiger partial charge on any atom is -0.481 e. The van der Waals surface area contributed by atoms with Gasteiger partial charge in [-0.25, -0.2) is 4.79 Å². The van der Waals surface area contributed by atoms with Gasteiger partial charge in [0.1, 0.15) is 5.75 Å². The number of benzene rings is 2. The van der Waals surface area contributed by atoms with Gasteiger partial charge in [0.15, 0.2) is 6.10 Å². The third-order valence-electron chi connectivity index (χ3n) is 3.26. The van der Waals surface area contributed by atoms with Crippen molar-refractivity contribution < 1.29 is 19.2 Å². The van der Waals surface area contributed by atoms with Crippen LogP contribution in [0.3, 0.4) is 0 Å². The molecule has 0 spiro atoms. The number of hydrogen-bond acceptors (Lipinski definition) is 5. The summed E-state index contributed by atoms with van der Waals surface area (Å²) in [5.74, 6) is -0.0249. The number of non-ortho nitro benzene ring substituents is 1. The fourth-order valence-corrected chi connectivity index (χ4v) is 2.08. The first-order valence-corrected chi connectivity index (χ1v) is 7.35. The zero-order valence-corrected chi connectivity index (χ0v) is 13.2. The number of carbonyl (C=O) groups excluding carboxylic acids is 1. The lowest BCUT2D eigenvalue weighted by atomic mass is 10.0. The molecule has 0 aliphatic heterocycles. The molecule has 1 atom stereocenters. The molecule has 0 aromatic heterocycles. The molecule has 0 amide bonds. The monoisotopic (exact) mass is 327 g/mol. The van der Waals surface area contributed by atoms with E-state index in [2.05, 4.69) is 6.58 Å². The molecule has 0 saturated heterocycles. The maximum Gasteiger partial charge on any atom is 0.337 e. The summed E-state index contributed by atoms with van der Waals surface area (Å²) in [5.41, 5.74) is 0.649. The van der Waals surface area contributed by atoms with E-state index in [9.17, 15) is 14.9 Å². The Hall–Kier alpha value is -3.15. The van der Waals surface area contributed by atoms with Gasteiger partial charge in [0, 0.05) is 12.1 Å². The molecular weight excluding hydrogens is 310 g/mol. The van der Waals surface area contributed by atoms with Crippen molar-refractivity contribution in [2.45, 2.75) is 13.0 Å². The second-order valence-electron chi connectivity index (χ2n) is 4.91. The molecule has 0 saturated carbocycles. The van der Waals surface area contributed by atoms with Crippen LogP contribution in [0.15, 0.2) is 66.7 Å². The van der Waals surface area contributed by atoms with Gasteiger partial charge >= 0.3 is 5.97 Å². The van der Waals surface area contributed by atoms with Crippen molar-refractivity contribution in [3.63, 3.8) is 0 Å². The SMILES string of the molecule is C=C(C(=O)OCC)C(Oc1ccccc1)c1ccc([N+](=O)[O-])cc1. The summed E-state index contributed by atoms with van der Waals surface area (Å²) in [5, 5.41) is 10.8. The van der Waals surface area contributed by atoms with Crippen molar-refractivity contribution in [1.29, 1.82) is 0 Å². The number of nitro groups is 1. The van der Waals surface area contributed by atoms with Gasteiger partial charge in [-0.2, -0.15) is 0 Å². The van der Waals surface area contributed by atoms with E-state index in [1.54, 1.807) is 31.2 Å². The lowest BCUT2D eigenvalue weighted by Gasteiger charge is -2.20. The van der Waals surface area contributed by atoms with E-state index >= 15 is 0 Å². The van der Waals surface area contributed by atoms with E-state index < -0.39 is 17.0 Å². The van der Waals surface area contributed by atoms with Crippen LogP contribution >= 0.6 is 0 Å². The van der Waals surface area contributed by atoms with Crippen LogP contribution < -0.4 is 4.74 Å². The summed E-state index contributed by atoms with van der Waals surface area (Å²) >= 11 is 0. The Morgan fingerprint density at radius 3 is 2.33 bits per heavy atom. The lowest BCUT2D eigenvalue weighted by molar-refractivity contribution is -0.384. The number of rotatable bonds is 7. The minimum absolute atomic E-state index is 0.0426. The van der Waals surface area contributed by atoms with Gasteiger partial charge in [0.2, 0.25) is 0 Å². The number of ether oxygens (including phenoxy) is 2. The first-order valence-electron chi connectivity index (χ1n) is 7.35. The third kappa shape index (κ3) is 4.19. The van der Waals surface area contributed by atoms with Crippen LogP contribution in [-0.2, 0) is 9.53 Å². The number of para-hydroxylation sites is 1. The molecule has 2 rings (SSSR count). The molecule has 0 radical (unpaired) electrons. The van der Waals surface area contributed by atoms with E-state index in [1.165, 1.54) is 24.3 Å². The van der Waals surface area contributed by atoms with Crippen LogP contribution in [0.25, 0.3) is 0 Å². The molecule has 124 valence electrons. The average Bonchev–Trinajstić information content (AvgIpc) is 2.60. The summed E-state index contributed by atoms with van der Waals surface area (Å²) < 4.78 is 10.8. The van der Waals surface area contributed by atoms with Crippen LogP contribution in [0.1, 0.15) is 18.6 Å². The van der Waals surface area contributed by atoms with Gasteiger partial charge in [0.25, 0.3) is 5.69 Å². The van der Waals surface area contributed by atoms with Crippen LogP contribution in [-0.4, -0.2) is 17.5 Å². The molecule has 6 nitrogen and oxygen atoms in total. The quantitative estimate of drug-likeness (QED) is 0.334. The fraction of sp³-hybridized carbons (Fsp3) is 0.167. The van der Waals surface area contributed by atoms with Crippen molar-refractivity contribution in [1.82, 2.24) is 0 Å². The van der Waals surface area contributed by atoms with Gasteiger partial charge in [-0.3, -0.25) is 10.1 Å². The van der Waals surface area contributed by atoms with E-state index in [1.807, 2.05) is 6.07 Å². The topological polar surface area (TPSA) is 78.7 Å². The Labute approximate surface area is 139 Å². The molecule has 0 aliphatic rings. The Balaban J connectivity index is 2.32. The number of nitrogens with zero attached hydrogens (tertiary/aromatic N) is 1. The van der Waals surface area contributed by atoms with Gasteiger partial charge in [-0.15, -0.1) is 0 Å². The molecule has 1 unspecified atom stereocenters. The van der Waals surface area contributed by atoms with Crippen molar-refractivity contribution >= 4 is 11.7 Å². The molecule has 0 N–H and O–H groups in total. The lowest BCUT2D eigenvalue weighted by Crippen LogP contribution is -2.18. The Bertz CT molecular complexity index is 725. The van der Waals surface area contributed by atoms with E-state index in [4.69, 9.17) is 9.47 Å². The second kappa shape index (κ2) is 7.92. The van der Waals surface area contributed by atoms with Crippen molar-refractivity contribution in [2.24, 2.45) is 0 Å². The molecule has 0 bridgehead atoms. The predicted octanol–water partition coefficient (Wildman–Crippen LogP) is 3.83. The highest BCUT2D eigenvalue weighted by atomic mass is 16.6. The van der Waals surface area contributed by atoms with Crippen LogP contribution in [0.2, 0.25) is 0 Å². The predicted molar refractivity (Wildman–Crippen MR) is 88.7 cm³/mol. The highest BCUT2D eigenvalue weighted by Gasteiger charge is 2.24. The largest absolute Gasteiger partial charge is 0.481 e. The molecule has 6 heteroatoms. The van der Waals surface area contributed by atoms with E-state index in [0.717, 1.165) is 0 Å². The van der Waals surface area contributed by atoms with Gasteiger partial charge in [-0.1, -0.05) is 24.8 Å². The maximum absolute atomic E-state index is 12.0. The first-order chi connectivity index (χ1) is 11.5. The number of esters is 1. The summed E-state index contributed by atoms with van der Waals surface area (Å²) in [7, 11) is 0. The molecular formula is C18H17NO5. The van der Waals surface area contributed by atoms with Crippen molar-refractivity contribution in [2.75, 3.05) is 6.61 Å². The smallest absolute Gasteiger partial charge is 0.337 e. The molecule has 0 aliphatic carbocycles. The normalized spacial score (nSPS) is 11.4. The molecule has 0 heterocycles. The Kier molecular flexibility index (Phi) is 5.68. The standard InChI is InChI=1S/C18H17NO5/c1-3-23-18(20)13(2)17(24-16-7-5-4-6-8-16)14-9-11-15(12-10-14)19(21)22/h4-12,17H,2-3H2,1H3. The highest BCUT2D eigenvalue weighted by Crippen LogP contribution is 2.29. The Morgan fingerprint density at radius 1 is 1.17 bits per heavy atom. The summed E-state index contributed by atoms with van der Waals surface area (Å²) in [6.07, 6.45) is -0.799. The van der Waals surface area contributed by atoms with Gasteiger partial charge in [-0.05, 0) is 36.8 Å². The molecule has 2 aromatic carbocycles. The van der Waals surface area contributed by atoms with Crippen molar-refractivity contribution in [3.05, 3.63) is 82.4 Å². The summed E-state index contributed by atoms with van der Waals surface area (Å²) in [4.78, 5) is 22.3. The van der Waals surface area contributed by atoms with E-state index in [-0.39, 0.29) is 17.9 Å². The number of hydrogen-bond donors (Lipinski definition) is 0. The van der Waals surface area contributed by atoms with Gasteiger partial charge < -0.3 is 9.47 Å². The van der Waals surface area contributed by atoms with Crippen molar-refractivity contribution in [3.8, 4) is 5.75 Å². The first kappa shape index (κ1) is 17.2. The summed E-state index contributed by atoms with van der Waals surface area (Å²) in [6.45, 7) is 5.69. The maximum atomic E-state index is 12.0. The molecule has 2 aromatic rings. The van der Waals surface area contributed by atoms with Gasteiger partial charge in [0.05, 0.1) is 17.1 Å². The zero-order valence-electron chi connectivity index (χ0n) is 13.2. The molecule has 0 fully saturated rings. The van der Waals surface area contributed by atoms with Crippen LogP contribution in [0.4, 0.5) is 5.69 Å². The summed E-state index contributed by atoms with van der Waals surface area (Å²) in [6, 6.07) is 14.7. The third-order valence-corrected chi connectivity index (χ3v) is 3.26. The number of carbonyl (C=O) groups is 1. The minimum atomic E-state index is -0.799.